The molecule has 0 heterocycles. The molecule has 0 amide bonds. The number of unbranched alkanes of at least 4 members (excludes halogenated alkanes) is 1. The Morgan fingerprint density at radius 2 is 2.00 bits per heavy atom. The molecule has 0 aliphatic carbocycles. The summed E-state index contributed by atoms with van der Waals surface area (Å²) in [7, 11) is 0. The van der Waals surface area contributed by atoms with E-state index in [1.165, 1.54) is 0 Å². The third kappa shape index (κ3) is 4.57. The first kappa shape index (κ1) is 13.7. The second kappa shape index (κ2) is 7.85. The van der Waals surface area contributed by atoms with Crippen LogP contribution in [0.25, 0.3) is 0 Å². The van der Waals surface area contributed by atoms with Gasteiger partial charge in [0.15, 0.2) is 0 Å². The minimum Gasteiger partial charge on any atom is -0.465 e. The van der Waals surface area contributed by atoms with Crippen molar-refractivity contribution in [3.05, 3.63) is 35.9 Å². The van der Waals surface area contributed by atoms with E-state index in [-0.39, 0.29) is 12.0 Å². The van der Waals surface area contributed by atoms with Crippen LogP contribution >= 0.6 is 0 Å². The number of nitrogens with one attached hydrogen (secondary N) is 1. The highest BCUT2D eigenvalue weighted by molar-refractivity contribution is 5.77. The Labute approximate surface area is 103 Å². The molecule has 0 aliphatic rings. The average molecular weight is 235 g/mol. The van der Waals surface area contributed by atoms with Crippen molar-refractivity contribution < 1.29 is 9.53 Å². The van der Waals surface area contributed by atoms with Crippen LogP contribution < -0.4 is 5.32 Å². The summed E-state index contributed by atoms with van der Waals surface area (Å²) < 4.78 is 5.09. The van der Waals surface area contributed by atoms with Gasteiger partial charge in [0.2, 0.25) is 0 Å². The molecule has 1 unspecified atom stereocenters. The van der Waals surface area contributed by atoms with E-state index in [0.717, 1.165) is 24.9 Å². The number of benzene rings is 1. The van der Waals surface area contributed by atoms with E-state index in [9.17, 15) is 4.79 Å². The van der Waals surface area contributed by atoms with Gasteiger partial charge < -0.3 is 10.1 Å². The Kier molecular flexibility index (Phi) is 6.33. The van der Waals surface area contributed by atoms with E-state index in [1.807, 2.05) is 37.3 Å². The SMILES string of the molecule is CCCCNC(C(=O)OCC)c1ccccc1. The average Bonchev–Trinajstić information content (AvgIpc) is 2.36. The summed E-state index contributed by atoms with van der Waals surface area (Å²) in [5.41, 5.74) is 0.960. The minimum absolute atomic E-state index is 0.199. The lowest BCUT2D eigenvalue weighted by atomic mass is 10.1. The summed E-state index contributed by atoms with van der Waals surface area (Å²) >= 11 is 0. The van der Waals surface area contributed by atoms with Crippen LogP contribution in [-0.4, -0.2) is 19.1 Å². The highest BCUT2D eigenvalue weighted by Gasteiger charge is 2.20. The number of carbonyl (C=O) groups excluding carboxylic acids is 1. The van der Waals surface area contributed by atoms with Crippen LogP contribution in [0.4, 0.5) is 0 Å². The molecular formula is C14H21NO2. The summed E-state index contributed by atoms with van der Waals surface area (Å²) in [5, 5.41) is 3.25. The molecule has 0 radical (unpaired) electrons. The van der Waals surface area contributed by atoms with Gasteiger partial charge in [-0.25, -0.2) is 4.79 Å². The normalized spacial score (nSPS) is 12.1. The Bertz CT molecular complexity index is 324. The van der Waals surface area contributed by atoms with E-state index in [1.54, 1.807) is 0 Å². The predicted octanol–water partition coefficient (Wildman–Crippen LogP) is 2.68. The molecule has 94 valence electrons. The zero-order valence-electron chi connectivity index (χ0n) is 10.6. The Morgan fingerprint density at radius 1 is 1.29 bits per heavy atom. The molecule has 0 aromatic heterocycles. The molecule has 0 aliphatic heterocycles. The van der Waals surface area contributed by atoms with Crippen molar-refractivity contribution >= 4 is 5.97 Å². The topological polar surface area (TPSA) is 38.3 Å². The molecule has 17 heavy (non-hydrogen) atoms. The fraction of sp³-hybridized carbons (Fsp3) is 0.500. The van der Waals surface area contributed by atoms with Gasteiger partial charge in [0.25, 0.3) is 0 Å². The van der Waals surface area contributed by atoms with Crippen LogP contribution in [0.3, 0.4) is 0 Å². The maximum atomic E-state index is 11.9. The fourth-order valence-electron chi connectivity index (χ4n) is 1.63. The Balaban J connectivity index is 2.68. The number of ether oxygens (including phenoxy) is 1. The van der Waals surface area contributed by atoms with Crippen molar-refractivity contribution in [1.82, 2.24) is 5.32 Å². The molecule has 1 aromatic carbocycles. The highest BCUT2D eigenvalue weighted by Crippen LogP contribution is 2.14. The predicted molar refractivity (Wildman–Crippen MR) is 68.7 cm³/mol. The Morgan fingerprint density at radius 3 is 2.59 bits per heavy atom. The van der Waals surface area contributed by atoms with Crippen molar-refractivity contribution in [2.45, 2.75) is 32.7 Å². The maximum absolute atomic E-state index is 11.9. The summed E-state index contributed by atoms with van der Waals surface area (Å²) in [6, 6.07) is 9.35. The number of rotatable bonds is 7. The van der Waals surface area contributed by atoms with Gasteiger partial charge in [-0.3, -0.25) is 0 Å². The summed E-state index contributed by atoms with van der Waals surface area (Å²) in [6.07, 6.45) is 2.17. The lowest BCUT2D eigenvalue weighted by Gasteiger charge is -2.17. The largest absolute Gasteiger partial charge is 0.465 e. The van der Waals surface area contributed by atoms with Gasteiger partial charge in [-0.1, -0.05) is 43.7 Å². The molecule has 0 saturated carbocycles. The summed E-state index contributed by atoms with van der Waals surface area (Å²) in [5.74, 6) is -0.199. The van der Waals surface area contributed by atoms with Gasteiger partial charge in [0.1, 0.15) is 6.04 Å². The summed E-state index contributed by atoms with van der Waals surface area (Å²) in [4.78, 5) is 11.9. The van der Waals surface area contributed by atoms with Gasteiger partial charge >= 0.3 is 5.97 Å². The zero-order chi connectivity index (χ0) is 12.5. The third-order valence-electron chi connectivity index (χ3n) is 2.53. The highest BCUT2D eigenvalue weighted by atomic mass is 16.5. The number of hydrogen-bond donors (Lipinski definition) is 1. The first-order valence-electron chi connectivity index (χ1n) is 6.24. The fourth-order valence-corrected chi connectivity index (χ4v) is 1.63. The molecule has 0 bridgehead atoms. The van der Waals surface area contributed by atoms with Gasteiger partial charge in [-0.15, -0.1) is 0 Å². The standard InChI is InChI=1S/C14H21NO2/c1-3-5-11-15-13(14(16)17-4-2)12-9-7-6-8-10-12/h6-10,13,15H,3-5,11H2,1-2H3. The molecule has 1 aromatic rings. The zero-order valence-corrected chi connectivity index (χ0v) is 10.6. The van der Waals surface area contributed by atoms with Crippen molar-refractivity contribution in [2.24, 2.45) is 0 Å². The van der Waals surface area contributed by atoms with Crippen LogP contribution in [0.1, 0.15) is 38.3 Å². The van der Waals surface area contributed by atoms with Crippen LogP contribution in [0, 0.1) is 0 Å². The minimum atomic E-state index is -0.345. The van der Waals surface area contributed by atoms with E-state index < -0.39 is 0 Å². The number of carbonyl (C=O) groups is 1. The maximum Gasteiger partial charge on any atom is 0.327 e. The molecule has 1 rings (SSSR count). The van der Waals surface area contributed by atoms with Crippen LogP contribution in [0.2, 0.25) is 0 Å². The van der Waals surface area contributed by atoms with Crippen LogP contribution in [0.15, 0.2) is 30.3 Å². The van der Waals surface area contributed by atoms with Gasteiger partial charge in [0.05, 0.1) is 6.61 Å². The van der Waals surface area contributed by atoms with Crippen LogP contribution in [-0.2, 0) is 9.53 Å². The smallest absolute Gasteiger partial charge is 0.327 e. The van der Waals surface area contributed by atoms with E-state index >= 15 is 0 Å². The molecule has 0 saturated heterocycles. The van der Waals surface area contributed by atoms with E-state index in [2.05, 4.69) is 12.2 Å². The van der Waals surface area contributed by atoms with E-state index in [4.69, 9.17) is 4.74 Å². The quantitative estimate of drug-likeness (QED) is 0.583. The van der Waals surface area contributed by atoms with Gasteiger partial charge in [-0.2, -0.15) is 0 Å². The number of esters is 1. The van der Waals surface area contributed by atoms with Crippen molar-refractivity contribution in [1.29, 1.82) is 0 Å². The lowest BCUT2D eigenvalue weighted by molar-refractivity contribution is -0.145. The first-order valence-corrected chi connectivity index (χ1v) is 6.24. The van der Waals surface area contributed by atoms with E-state index in [0.29, 0.717) is 6.61 Å². The molecule has 3 nitrogen and oxygen atoms in total. The third-order valence-corrected chi connectivity index (χ3v) is 2.53. The van der Waals surface area contributed by atoms with Crippen molar-refractivity contribution in [2.75, 3.05) is 13.2 Å². The first-order chi connectivity index (χ1) is 8.29. The van der Waals surface area contributed by atoms with Gasteiger partial charge in [-0.05, 0) is 25.5 Å². The second-order valence-electron chi connectivity index (χ2n) is 3.90. The van der Waals surface area contributed by atoms with Crippen LogP contribution in [0.5, 0.6) is 0 Å². The summed E-state index contributed by atoms with van der Waals surface area (Å²) in [6.45, 7) is 5.20. The Hall–Kier alpha value is -1.35. The lowest BCUT2D eigenvalue weighted by Crippen LogP contribution is -2.30. The second-order valence-corrected chi connectivity index (χ2v) is 3.90. The molecule has 0 fully saturated rings. The molecule has 1 N–H and O–H groups in total. The molecule has 1 atom stereocenters. The van der Waals surface area contributed by atoms with Gasteiger partial charge in [0, 0.05) is 0 Å². The van der Waals surface area contributed by atoms with Crippen molar-refractivity contribution in [3.63, 3.8) is 0 Å². The molecular weight excluding hydrogens is 214 g/mol. The molecule has 3 heteroatoms. The number of hydrogen-bond acceptors (Lipinski definition) is 3. The monoisotopic (exact) mass is 235 g/mol. The van der Waals surface area contributed by atoms with Crippen molar-refractivity contribution in [3.8, 4) is 0 Å². The molecule has 0 spiro atoms.